The summed E-state index contributed by atoms with van der Waals surface area (Å²) in [6.07, 6.45) is 5.15. The summed E-state index contributed by atoms with van der Waals surface area (Å²) < 4.78 is 0. The molecule has 3 atom stereocenters. The van der Waals surface area contributed by atoms with E-state index in [0.717, 1.165) is 32.1 Å². The van der Waals surface area contributed by atoms with Crippen LogP contribution < -0.4 is 5.73 Å². The molecule has 1 heterocycles. The van der Waals surface area contributed by atoms with Crippen molar-refractivity contribution in [2.24, 2.45) is 17.6 Å². The molecule has 1 aliphatic heterocycles. The molecule has 0 bridgehead atoms. The molecular weight excluding hydrogens is 232 g/mol. The van der Waals surface area contributed by atoms with E-state index < -0.39 is 5.97 Å². The number of nitrogens with two attached hydrogens (primary N) is 1. The van der Waals surface area contributed by atoms with Gasteiger partial charge in [-0.15, -0.1) is 0 Å². The Morgan fingerprint density at radius 2 is 1.83 bits per heavy atom. The van der Waals surface area contributed by atoms with E-state index in [2.05, 4.69) is 0 Å². The van der Waals surface area contributed by atoms with Crippen molar-refractivity contribution >= 4 is 11.9 Å². The van der Waals surface area contributed by atoms with E-state index in [1.807, 2.05) is 0 Å². The Kier molecular flexibility index (Phi) is 4.22. The first kappa shape index (κ1) is 13.3. The molecule has 102 valence electrons. The summed E-state index contributed by atoms with van der Waals surface area (Å²) >= 11 is 0. The Morgan fingerprint density at radius 3 is 2.50 bits per heavy atom. The number of nitrogens with zero attached hydrogens (tertiary/aromatic N) is 1. The number of carboxylic acid groups (broad SMARTS) is 1. The average molecular weight is 254 g/mol. The highest BCUT2D eigenvalue weighted by atomic mass is 16.4. The zero-order valence-electron chi connectivity index (χ0n) is 10.7. The lowest BCUT2D eigenvalue weighted by molar-refractivity contribution is -0.147. The molecule has 18 heavy (non-hydrogen) atoms. The molecule has 3 N–H and O–H groups in total. The van der Waals surface area contributed by atoms with Gasteiger partial charge in [-0.05, 0) is 32.1 Å². The fraction of sp³-hybridized carbons (Fsp3) is 0.846. The standard InChI is InChI=1S/C13H22N2O3/c14-11-5-1-3-9(7-11)12(16)15-6-2-4-10(8-15)13(17)18/h9-11H,1-8,14H2,(H,17,18)/t9?,10-,11?/m0/s1. The number of hydrogen-bond acceptors (Lipinski definition) is 3. The number of likely N-dealkylation sites (tertiary alicyclic amines) is 1. The highest BCUT2D eigenvalue weighted by Crippen LogP contribution is 2.27. The van der Waals surface area contributed by atoms with Gasteiger partial charge in [-0.3, -0.25) is 9.59 Å². The van der Waals surface area contributed by atoms with Gasteiger partial charge in [-0.25, -0.2) is 0 Å². The number of amides is 1. The lowest BCUT2D eigenvalue weighted by atomic mass is 9.84. The normalized spacial score (nSPS) is 33.2. The van der Waals surface area contributed by atoms with Gasteiger partial charge < -0.3 is 15.7 Å². The molecule has 0 radical (unpaired) electrons. The second-order valence-electron chi connectivity index (χ2n) is 5.59. The molecule has 1 saturated heterocycles. The smallest absolute Gasteiger partial charge is 0.308 e. The number of piperidine rings is 1. The monoisotopic (exact) mass is 254 g/mol. The van der Waals surface area contributed by atoms with Crippen molar-refractivity contribution < 1.29 is 14.7 Å². The topological polar surface area (TPSA) is 83.6 Å². The molecule has 0 aromatic rings. The number of hydrogen-bond donors (Lipinski definition) is 2. The summed E-state index contributed by atoms with van der Waals surface area (Å²) in [6, 6.07) is 0.132. The van der Waals surface area contributed by atoms with E-state index in [-0.39, 0.29) is 23.8 Å². The molecule has 2 fully saturated rings. The van der Waals surface area contributed by atoms with Gasteiger partial charge in [0.2, 0.25) is 5.91 Å². The van der Waals surface area contributed by atoms with Gasteiger partial charge in [0.15, 0.2) is 0 Å². The Balaban J connectivity index is 1.93. The van der Waals surface area contributed by atoms with Gasteiger partial charge in [0.05, 0.1) is 5.92 Å². The van der Waals surface area contributed by atoms with Crippen molar-refractivity contribution in [2.45, 2.75) is 44.6 Å². The van der Waals surface area contributed by atoms with E-state index in [1.54, 1.807) is 4.90 Å². The molecule has 5 heteroatoms. The van der Waals surface area contributed by atoms with E-state index in [1.165, 1.54) is 0 Å². The number of aliphatic carboxylic acids is 1. The van der Waals surface area contributed by atoms with Crippen molar-refractivity contribution in [3.63, 3.8) is 0 Å². The quantitative estimate of drug-likeness (QED) is 0.764. The summed E-state index contributed by atoms with van der Waals surface area (Å²) in [5.41, 5.74) is 5.90. The molecule has 1 aliphatic carbocycles. The van der Waals surface area contributed by atoms with Crippen LogP contribution in [0.4, 0.5) is 0 Å². The minimum absolute atomic E-state index is 0.0151. The zero-order valence-corrected chi connectivity index (χ0v) is 10.7. The first-order valence-electron chi connectivity index (χ1n) is 6.85. The summed E-state index contributed by atoms with van der Waals surface area (Å²) in [7, 11) is 0. The van der Waals surface area contributed by atoms with Crippen LogP contribution in [0.15, 0.2) is 0 Å². The maximum Gasteiger partial charge on any atom is 0.308 e. The molecule has 1 saturated carbocycles. The van der Waals surface area contributed by atoms with Crippen LogP contribution in [0.1, 0.15) is 38.5 Å². The van der Waals surface area contributed by atoms with Crippen molar-refractivity contribution in [1.82, 2.24) is 4.90 Å². The third-order valence-corrected chi connectivity index (χ3v) is 4.15. The van der Waals surface area contributed by atoms with Crippen LogP contribution in [0, 0.1) is 11.8 Å². The Labute approximate surface area is 107 Å². The zero-order chi connectivity index (χ0) is 13.1. The fourth-order valence-corrected chi connectivity index (χ4v) is 3.09. The molecule has 2 aliphatic rings. The Morgan fingerprint density at radius 1 is 1.11 bits per heavy atom. The van der Waals surface area contributed by atoms with Gasteiger partial charge in [0.1, 0.15) is 0 Å². The van der Waals surface area contributed by atoms with E-state index in [0.29, 0.717) is 19.5 Å². The lowest BCUT2D eigenvalue weighted by Gasteiger charge is -2.35. The lowest BCUT2D eigenvalue weighted by Crippen LogP contribution is -2.46. The number of carbonyl (C=O) groups excluding carboxylic acids is 1. The maximum absolute atomic E-state index is 12.3. The minimum Gasteiger partial charge on any atom is -0.481 e. The van der Waals surface area contributed by atoms with Gasteiger partial charge in [-0.1, -0.05) is 6.42 Å². The maximum atomic E-state index is 12.3. The van der Waals surface area contributed by atoms with Crippen LogP contribution in [0.3, 0.4) is 0 Å². The molecule has 0 aromatic heterocycles. The highest BCUT2D eigenvalue weighted by Gasteiger charge is 2.33. The van der Waals surface area contributed by atoms with Crippen LogP contribution in [-0.4, -0.2) is 41.0 Å². The molecular formula is C13H22N2O3. The van der Waals surface area contributed by atoms with Crippen LogP contribution in [0.5, 0.6) is 0 Å². The van der Waals surface area contributed by atoms with Crippen molar-refractivity contribution in [3.8, 4) is 0 Å². The summed E-state index contributed by atoms with van der Waals surface area (Å²) in [4.78, 5) is 25.1. The molecule has 2 rings (SSSR count). The Hall–Kier alpha value is -1.10. The van der Waals surface area contributed by atoms with Crippen molar-refractivity contribution in [1.29, 1.82) is 0 Å². The largest absolute Gasteiger partial charge is 0.481 e. The third kappa shape index (κ3) is 3.02. The first-order chi connectivity index (χ1) is 8.58. The number of carboxylic acids is 1. The number of carbonyl (C=O) groups is 2. The summed E-state index contributed by atoms with van der Waals surface area (Å²) in [5.74, 6) is -1.04. The SMILES string of the molecule is NC1CCCC(C(=O)N2CCC[C@H](C(=O)O)C2)C1. The van der Waals surface area contributed by atoms with Crippen LogP contribution >= 0.6 is 0 Å². The van der Waals surface area contributed by atoms with Crippen molar-refractivity contribution in [3.05, 3.63) is 0 Å². The molecule has 0 aromatic carbocycles. The molecule has 1 amide bonds. The van der Waals surface area contributed by atoms with Gasteiger partial charge in [0.25, 0.3) is 0 Å². The fourth-order valence-electron chi connectivity index (χ4n) is 3.09. The van der Waals surface area contributed by atoms with Gasteiger partial charge in [-0.2, -0.15) is 0 Å². The second kappa shape index (κ2) is 5.69. The average Bonchev–Trinajstić information content (AvgIpc) is 2.38. The Bertz CT molecular complexity index is 332. The van der Waals surface area contributed by atoms with Crippen molar-refractivity contribution in [2.75, 3.05) is 13.1 Å². The van der Waals surface area contributed by atoms with Crippen LogP contribution in [0.25, 0.3) is 0 Å². The summed E-state index contributed by atoms with van der Waals surface area (Å²) in [6.45, 7) is 1.08. The van der Waals surface area contributed by atoms with Crippen LogP contribution in [-0.2, 0) is 9.59 Å². The highest BCUT2D eigenvalue weighted by molar-refractivity contribution is 5.80. The molecule has 2 unspecified atom stereocenters. The van der Waals surface area contributed by atoms with E-state index >= 15 is 0 Å². The first-order valence-corrected chi connectivity index (χ1v) is 6.85. The predicted molar refractivity (Wildman–Crippen MR) is 66.9 cm³/mol. The third-order valence-electron chi connectivity index (χ3n) is 4.15. The van der Waals surface area contributed by atoms with Crippen LogP contribution in [0.2, 0.25) is 0 Å². The van der Waals surface area contributed by atoms with Gasteiger partial charge in [0, 0.05) is 25.0 Å². The van der Waals surface area contributed by atoms with Gasteiger partial charge >= 0.3 is 5.97 Å². The summed E-state index contributed by atoms with van der Waals surface area (Å²) in [5, 5.41) is 9.03. The van der Waals surface area contributed by atoms with E-state index in [4.69, 9.17) is 10.8 Å². The second-order valence-corrected chi connectivity index (χ2v) is 5.59. The minimum atomic E-state index is -0.784. The molecule has 0 spiro atoms. The van der Waals surface area contributed by atoms with E-state index in [9.17, 15) is 9.59 Å². The number of rotatable bonds is 2. The predicted octanol–water partition coefficient (Wildman–Crippen LogP) is 0.827. The molecule has 5 nitrogen and oxygen atoms in total.